The number of benzene rings is 1. The van der Waals surface area contributed by atoms with Gasteiger partial charge < -0.3 is 14.5 Å². The first-order valence-corrected chi connectivity index (χ1v) is 8.51. The summed E-state index contributed by atoms with van der Waals surface area (Å²) in [7, 11) is 0. The van der Waals surface area contributed by atoms with Crippen molar-refractivity contribution in [1.82, 2.24) is 5.32 Å². The van der Waals surface area contributed by atoms with Crippen molar-refractivity contribution in [3.63, 3.8) is 0 Å². The Kier molecular flexibility index (Phi) is 4.88. The summed E-state index contributed by atoms with van der Waals surface area (Å²) in [4.78, 5) is 24.2. The first-order valence-electron chi connectivity index (χ1n) is 8.51. The van der Waals surface area contributed by atoms with E-state index < -0.39 is 5.97 Å². The number of furan rings is 1. The van der Waals surface area contributed by atoms with Gasteiger partial charge in [0, 0.05) is 17.0 Å². The summed E-state index contributed by atoms with van der Waals surface area (Å²) in [5, 5.41) is 3.85. The summed E-state index contributed by atoms with van der Waals surface area (Å²) < 4.78 is 10.7. The molecular weight excluding hydrogens is 306 g/mol. The zero-order valence-corrected chi connectivity index (χ0v) is 14.1. The molecule has 3 rings (SSSR count). The number of esters is 1. The van der Waals surface area contributed by atoms with Gasteiger partial charge in [-0.1, -0.05) is 38.0 Å². The highest BCUT2D eigenvalue weighted by Gasteiger charge is 2.24. The summed E-state index contributed by atoms with van der Waals surface area (Å²) in [6.45, 7) is 3.68. The van der Waals surface area contributed by atoms with Crippen LogP contribution in [0.1, 0.15) is 48.7 Å². The summed E-state index contributed by atoms with van der Waals surface area (Å²) in [5.41, 5.74) is 1.37. The molecule has 0 aliphatic heterocycles. The van der Waals surface area contributed by atoms with Crippen LogP contribution in [0, 0.1) is 12.8 Å². The number of nitrogens with one attached hydrogen (secondary N) is 1. The Balaban J connectivity index is 1.58. The first-order chi connectivity index (χ1) is 11.6. The van der Waals surface area contributed by atoms with Crippen LogP contribution in [0.2, 0.25) is 0 Å². The van der Waals surface area contributed by atoms with E-state index >= 15 is 0 Å². The number of amides is 1. The Hall–Kier alpha value is -2.30. The molecule has 2 aromatic rings. The highest BCUT2D eigenvalue weighted by Crippen LogP contribution is 2.26. The summed E-state index contributed by atoms with van der Waals surface area (Å²) in [5.74, 6) is -0.225. The number of para-hydroxylation sites is 1. The molecule has 1 aromatic carbocycles. The van der Waals surface area contributed by atoms with Crippen molar-refractivity contribution in [3.8, 4) is 0 Å². The minimum absolute atomic E-state index is 0.162. The Morgan fingerprint density at radius 3 is 2.75 bits per heavy atom. The Morgan fingerprint density at radius 1 is 1.25 bits per heavy atom. The fourth-order valence-corrected chi connectivity index (χ4v) is 3.34. The van der Waals surface area contributed by atoms with Crippen LogP contribution < -0.4 is 5.32 Å². The van der Waals surface area contributed by atoms with Gasteiger partial charge in [-0.15, -0.1) is 0 Å². The molecule has 1 amide bonds. The van der Waals surface area contributed by atoms with Crippen molar-refractivity contribution in [3.05, 3.63) is 35.6 Å². The van der Waals surface area contributed by atoms with Crippen molar-refractivity contribution in [2.75, 3.05) is 6.61 Å². The average Bonchev–Trinajstić information content (AvgIpc) is 2.92. The van der Waals surface area contributed by atoms with Gasteiger partial charge in [-0.25, -0.2) is 4.79 Å². The van der Waals surface area contributed by atoms with Gasteiger partial charge in [0.15, 0.2) is 6.61 Å². The molecule has 1 N–H and O–H groups in total. The number of fused-ring (bicyclic) bond motifs is 1. The van der Waals surface area contributed by atoms with E-state index in [0.717, 1.165) is 30.2 Å². The normalized spacial score (nSPS) is 20.8. The van der Waals surface area contributed by atoms with Gasteiger partial charge in [0.25, 0.3) is 5.91 Å². The second kappa shape index (κ2) is 7.07. The second-order valence-electron chi connectivity index (χ2n) is 6.56. The molecule has 0 radical (unpaired) electrons. The van der Waals surface area contributed by atoms with Crippen molar-refractivity contribution in [2.45, 2.75) is 45.6 Å². The molecule has 128 valence electrons. The highest BCUT2D eigenvalue weighted by molar-refractivity contribution is 5.96. The Bertz CT molecular complexity index is 749. The largest absolute Gasteiger partial charge is 0.450 e. The molecular formula is C19H23NO4. The van der Waals surface area contributed by atoms with E-state index in [9.17, 15) is 9.59 Å². The van der Waals surface area contributed by atoms with Crippen LogP contribution in [0.25, 0.3) is 11.0 Å². The number of hydrogen-bond acceptors (Lipinski definition) is 4. The molecule has 1 aliphatic rings. The van der Waals surface area contributed by atoms with Crippen LogP contribution in [0.4, 0.5) is 0 Å². The standard InChI is InChI=1S/C19H23NO4/c1-12-7-3-5-9-15(12)20-17(21)11-23-19(22)18-13(2)14-8-4-6-10-16(14)24-18/h4,6,8,10,12,15H,3,5,7,9,11H2,1-2H3,(H,20,21)/t12-,15-/m1/s1. The monoisotopic (exact) mass is 329 g/mol. The highest BCUT2D eigenvalue weighted by atomic mass is 16.5. The lowest BCUT2D eigenvalue weighted by Gasteiger charge is -2.29. The van der Waals surface area contributed by atoms with E-state index in [1.54, 1.807) is 6.07 Å². The van der Waals surface area contributed by atoms with E-state index in [1.165, 1.54) is 6.42 Å². The van der Waals surface area contributed by atoms with Gasteiger partial charge in [-0.2, -0.15) is 0 Å². The molecule has 0 spiro atoms. The number of carbonyl (C=O) groups is 2. The number of ether oxygens (including phenoxy) is 1. The zero-order chi connectivity index (χ0) is 17.1. The third-order valence-electron chi connectivity index (χ3n) is 4.82. The van der Waals surface area contributed by atoms with Gasteiger partial charge in [0.2, 0.25) is 5.76 Å². The number of rotatable bonds is 4. The fourth-order valence-electron chi connectivity index (χ4n) is 3.34. The molecule has 1 aromatic heterocycles. The zero-order valence-electron chi connectivity index (χ0n) is 14.1. The number of hydrogen-bond donors (Lipinski definition) is 1. The van der Waals surface area contributed by atoms with Crippen LogP contribution in [0.5, 0.6) is 0 Å². The van der Waals surface area contributed by atoms with Gasteiger partial charge in [-0.05, 0) is 31.7 Å². The predicted molar refractivity (Wildman–Crippen MR) is 90.8 cm³/mol. The molecule has 0 unspecified atom stereocenters. The quantitative estimate of drug-likeness (QED) is 0.870. The summed E-state index contributed by atoms with van der Waals surface area (Å²) in [6, 6.07) is 7.61. The van der Waals surface area contributed by atoms with Crippen LogP contribution >= 0.6 is 0 Å². The summed E-state index contributed by atoms with van der Waals surface area (Å²) >= 11 is 0. The molecule has 2 atom stereocenters. The maximum Gasteiger partial charge on any atom is 0.375 e. The maximum atomic E-state index is 12.2. The lowest BCUT2D eigenvalue weighted by molar-refractivity contribution is -0.125. The molecule has 5 heteroatoms. The Labute approximate surface area is 141 Å². The van der Waals surface area contributed by atoms with E-state index in [1.807, 2.05) is 25.1 Å². The maximum absolute atomic E-state index is 12.2. The number of carbonyl (C=O) groups excluding carboxylic acids is 2. The van der Waals surface area contributed by atoms with E-state index in [4.69, 9.17) is 9.15 Å². The molecule has 0 saturated heterocycles. The van der Waals surface area contributed by atoms with Crippen molar-refractivity contribution < 1.29 is 18.7 Å². The minimum Gasteiger partial charge on any atom is -0.450 e. The summed E-state index contributed by atoms with van der Waals surface area (Å²) in [6.07, 6.45) is 4.47. The number of aryl methyl sites for hydroxylation is 1. The first kappa shape index (κ1) is 16.6. The van der Waals surface area contributed by atoms with Crippen LogP contribution in [0.15, 0.2) is 28.7 Å². The topological polar surface area (TPSA) is 68.5 Å². The third kappa shape index (κ3) is 3.45. The van der Waals surface area contributed by atoms with Crippen molar-refractivity contribution >= 4 is 22.8 Å². The van der Waals surface area contributed by atoms with Gasteiger partial charge in [-0.3, -0.25) is 4.79 Å². The predicted octanol–water partition coefficient (Wildman–Crippen LogP) is 3.59. The van der Waals surface area contributed by atoms with Crippen molar-refractivity contribution in [1.29, 1.82) is 0 Å². The fraction of sp³-hybridized carbons (Fsp3) is 0.474. The lowest BCUT2D eigenvalue weighted by atomic mass is 9.86. The van der Waals surface area contributed by atoms with Gasteiger partial charge in [0.05, 0.1) is 0 Å². The van der Waals surface area contributed by atoms with E-state index in [0.29, 0.717) is 11.5 Å². The van der Waals surface area contributed by atoms with Crippen molar-refractivity contribution in [2.24, 2.45) is 5.92 Å². The van der Waals surface area contributed by atoms with E-state index in [-0.39, 0.29) is 24.3 Å². The molecule has 1 aliphatic carbocycles. The second-order valence-corrected chi connectivity index (χ2v) is 6.56. The van der Waals surface area contributed by atoms with Crippen LogP contribution in [-0.2, 0) is 9.53 Å². The molecule has 1 saturated carbocycles. The van der Waals surface area contributed by atoms with Crippen LogP contribution in [0.3, 0.4) is 0 Å². The van der Waals surface area contributed by atoms with E-state index in [2.05, 4.69) is 12.2 Å². The molecule has 24 heavy (non-hydrogen) atoms. The van der Waals surface area contributed by atoms with Gasteiger partial charge >= 0.3 is 5.97 Å². The molecule has 0 bridgehead atoms. The Morgan fingerprint density at radius 2 is 2.00 bits per heavy atom. The minimum atomic E-state index is -0.601. The molecule has 1 fully saturated rings. The van der Waals surface area contributed by atoms with Gasteiger partial charge in [0.1, 0.15) is 5.58 Å². The smallest absolute Gasteiger partial charge is 0.375 e. The molecule has 5 nitrogen and oxygen atoms in total. The molecule has 1 heterocycles. The third-order valence-corrected chi connectivity index (χ3v) is 4.82. The SMILES string of the molecule is Cc1c(C(=O)OCC(=O)N[C@@H]2CCCC[C@H]2C)oc2ccccc12. The van der Waals surface area contributed by atoms with Crippen LogP contribution in [-0.4, -0.2) is 24.5 Å². The lowest BCUT2D eigenvalue weighted by Crippen LogP contribution is -2.42. The average molecular weight is 329 g/mol.